The number of para-hydroxylation sites is 2. The third kappa shape index (κ3) is 5.23. The number of nitro benzene ring substituents is 1. The summed E-state index contributed by atoms with van der Waals surface area (Å²) in [5.41, 5.74) is 0.0591. The van der Waals surface area contributed by atoms with Crippen molar-refractivity contribution in [2.75, 3.05) is 11.1 Å². The highest BCUT2D eigenvalue weighted by Crippen LogP contribution is 2.27. The normalized spacial score (nSPS) is 11.0. The quantitative estimate of drug-likeness (QED) is 0.316. The first-order valence-corrected chi connectivity index (χ1v) is 10.1. The van der Waals surface area contributed by atoms with Crippen molar-refractivity contribution in [3.8, 4) is 11.6 Å². The van der Waals surface area contributed by atoms with Gasteiger partial charge in [0.2, 0.25) is 5.91 Å². The SMILES string of the molecule is CC(C)Cn1c(SCCC(=O)Nc2ccccc2[N+](=O)[O-])nnc1-c1ccco1. The van der Waals surface area contributed by atoms with E-state index in [-0.39, 0.29) is 23.7 Å². The molecule has 1 aromatic carbocycles. The maximum absolute atomic E-state index is 12.2. The molecule has 0 bridgehead atoms. The van der Waals surface area contributed by atoms with Gasteiger partial charge in [-0.3, -0.25) is 19.5 Å². The monoisotopic (exact) mass is 415 g/mol. The van der Waals surface area contributed by atoms with Crippen molar-refractivity contribution in [2.45, 2.75) is 32.0 Å². The number of hydrogen-bond donors (Lipinski definition) is 1. The molecule has 0 fully saturated rings. The third-order valence-corrected chi connectivity index (χ3v) is 4.91. The van der Waals surface area contributed by atoms with E-state index in [1.54, 1.807) is 24.5 Å². The minimum Gasteiger partial charge on any atom is -0.461 e. The molecule has 3 aromatic rings. The lowest BCUT2D eigenvalue weighted by atomic mass is 10.2. The molecule has 0 saturated carbocycles. The first-order chi connectivity index (χ1) is 14.0. The van der Waals surface area contributed by atoms with Gasteiger partial charge < -0.3 is 9.73 Å². The highest BCUT2D eigenvalue weighted by Gasteiger charge is 2.18. The van der Waals surface area contributed by atoms with Crippen molar-refractivity contribution in [1.29, 1.82) is 0 Å². The average molecular weight is 415 g/mol. The first kappa shape index (κ1) is 20.6. The van der Waals surface area contributed by atoms with E-state index in [1.165, 1.54) is 23.9 Å². The lowest BCUT2D eigenvalue weighted by molar-refractivity contribution is -0.383. The highest BCUT2D eigenvalue weighted by molar-refractivity contribution is 7.99. The number of nitro groups is 1. The predicted octanol–water partition coefficient (Wildman–Crippen LogP) is 4.22. The average Bonchev–Trinajstić information content (AvgIpc) is 3.32. The van der Waals surface area contributed by atoms with Crippen LogP contribution in [0.2, 0.25) is 0 Å². The van der Waals surface area contributed by atoms with Gasteiger partial charge in [-0.25, -0.2) is 0 Å². The molecule has 10 heteroatoms. The standard InChI is InChI=1S/C19H21N5O4S/c1-13(2)12-23-18(16-8-5-10-28-16)21-22-19(23)29-11-9-17(25)20-14-6-3-4-7-15(14)24(26)27/h3-8,10,13H,9,11-12H2,1-2H3,(H,20,25). The molecule has 152 valence electrons. The van der Waals surface area contributed by atoms with Gasteiger partial charge in [0, 0.05) is 24.8 Å². The van der Waals surface area contributed by atoms with Crippen molar-refractivity contribution >= 4 is 29.0 Å². The summed E-state index contributed by atoms with van der Waals surface area (Å²) in [5, 5.41) is 22.8. The van der Waals surface area contributed by atoms with Crippen LogP contribution in [-0.2, 0) is 11.3 Å². The number of rotatable bonds is 9. The summed E-state index contributed by atoms with van der Waals surface area (Å²) in [5.74, 6) is 1.82. The van der Waals surface area contributed by atoms with Crippen LogP contribution < -0.4 is 5.32 Å². The minimum absolute atomic E-state index is 0.131. The Kier molecular flexibility index (Phi) is 6.65. The molecule has 2 aromatic heterocycles. The topological polar surface area (TPSA) is 116 Å². The fraction of sp³-hybridized carbons (Fsp3) is 0.316. The number of benzene rings is 1. The van der Waals surface area contributed by atoms with Gasteiger partial charge in [-0.05, 0) is 24.1 Å². The Morgan fingerprint density at radius 1 is 1.28 bits per heavy atom. The number of amides is 1. The Hall–Kier alpha value is -3.14. The number of nitrogens with zero attached hydrogens (tertiary/aromatic N) is 4. The van der Waals surface area contributed by atoms with E-state index in [9.17, 15) is 14.9 Å². The molecule has 0 unspecified atom stereocenters. The van der Waals surface area contributed by atoms with Gasteiger partial charge in [0.05, 0.1) is 11.2 Å². The Morgan fingerprint density at radius 2 is 2.07 bits per heavy atom. The van der Waals surface area contributed by atoms with Crippen molar-refractivity contribution in [3.63, 3.8) is 0 Å². The molecule has 1 amide bonds. The second-order valence-corrected chi connectivity index (χ2v) is 7.77. The molecule has 0 atom stereocenters. The molecule has 29 heavy (non-hydrogen) atoms. The second kappa shape index (κ2) is 9.37. The molecule has 1 N–H and O–H groups in total. The molecule has 0 radical (unpaired) electrons. The molecule has 3 rings (SSSR count). The van der Waals surface area contributed by atoms with E-state index in [4.69, 9.17) is 4.42 Å². The zero-order valence-electron chi connectivity index (χ0n) is 16.1. The smallest absolute Gasteiger partial charge is 0.292 e. The summed E-state index contributed by atoms with van der Waals surface area (Å²) < 4.78 is 7.42. The fourth-order valence-electron chi connectivity index (χ4n) is 2.70. The molecule has 9 nitrogen and oxygen atoms in total. The van der Waals surface area contributed by atoms with Crippen LogP contribution in [0.4, 0.5) is 11.4 Å². The van der Waals surface area contributed by atoms with Gasteiger partial charge in [-0.2, -0.15) is 0 Å². The van der Waals surface area contributed by atoms with Crippen LogP contribution in [0, 0.1) is 16.0 Å². The highest BCUT2D eigenvalue weighted by atomic mass is 32.2. The lowest BCUT2D eigenvalue weighted by Gasteiger charge is -2.11. The van der Waals surface area contributed by atoms with Crippen molar-refractivity contribution in [1.82, 2.24) is 14.8 Å². The van der Waals surface area contributed by atoms with Gasteiger partial charge in [-0.15, -0.1) is 10.2 Å². The summed E-state index contributed by atoms with van der Waals surface area (Å²) in [6.07, 6.45) is 1.77. The van der Waals surface area contributed by atoms with Crippen LogP contribution in [0.1, 0.15) is 20.3 Å². The Morgan fingerprint density at radius 3 is 2.76 bits per heavy atom. The van der Waals surface area contributed by atoms with Crippen LogP contribution in [-0.4, -0.2) is 31.3 Å². The second-order valence-electron chi connectivity index (χ2n) is 6.71. The number of aromatic nitrogens is 3. The molecule has 0 spiro atoms. The maximum atomic E-state index is 12.2. The number of thioether (sulfide) groups is 1. The van der Waals surface area contributed by atoms with Crippen LogP contribution in [0.15, 0.2) is 52.2 Å². The minimum atomic E-state index is -0.519. The first-order valence-electron chi connectivity index (χ1n) is 9.09. The number of hydrogen-bond acceptors (Lipinski definition) is 7. The number of anilines is 1. The molecule has 0 aliphatic rings. The summed E-state index contributed by atoms with van der Waals surface area (Å²) in [4.78, 5) is 22.8. The molecule has 2 heterocycles. The third-order valence-electron chi connectivity index (χ3n) is 3.94. The molecule has 0 aliphatic heterocycles. The largest absolute Gasteiger partial charge is 0.461 e. The van der Waals surface area contributed by atoms with E-state index in [0.29, 0.717) is 35.0 Å². The van der Waals surface area contributed by atoms with Gasteiger partial charge in [0.25, 0.3) is 5.69 Å². The molecular formula is C19H21N5O4S. The molecular weight excluding hydrogens is 394 g/mol. The zero-order chi connectivity index (χ0) is 20.8. The molecule has 0 saturated heterocycles. The Balaban J connectivity index is 1.63. The fourth-order valence-corrected chi connectivity index (χ4v) is 3.58. The summed E-state index contributed by atoms with van der Waals surface area (Å²) in [6.45, 7) is 4.91. The molecule has 0 aliphatic carbocycles. The van der Waals surface area contributed by atoms with E-state index in [1.807, 2.05) is 10.6 Å². The van der Waals surface area contributed by atoms with Gasteiger partial charge in [0.1, 0.15) is 5.69 Å². The van der Waals surface area contributed by atoms with Crippen molar-refractivity contribution in [2.24, 2.45) is 5.92 Å². The van der Waals surface area contributed by atoms with Crippen molar-refractivity contribution in [3.05, 3.63) is 52.8 Å². The van der Waals surface area contributed by atoms with Gasteiger partial charge in [0.15, 0.2) is 16.7 Å². The summed E-state index contributed by atoms with van der Waals surface area (Å²) in [6, 6.07) is 9.69. The number of carbonyl (C=O) groups is 1. The van der Waals surface area contributed by atoms with E-state index >= 15 is 0 Å². The maximum Gasteiger partial charge on any atom is 0.292 e. The number of carbonyl (C=O) groups excluding carboxylic acids is 1. The lowest BCUT2D eigenvalue weighted by Crippen LogP contribution is -2.14. The van der Waals surface area contributed by atoms with Crippen LogP contribution >= 0.6 is 11.8 Å². The van der Waals surface area contributed by atoms with Crippen LogP contribution in [0.25, 0.3) is 11.6 Å². The number of furan rings is 1. The van der Waals surface area contributed by atoms with E-state index in [2.05, 4.69) is 29.4 Å². The van der Waals surface area contributed by atoms with Crippen LogP contribution in [0.3, 0.4) is 0 Å². The van der Waals surface area contributed by atoms with Gasteiger partial charge in [-0.1, -0.05) is 37.7 Å². The predicted molar refractivity (Wildman–Crippen MR) is 110 cm³/mol. The van der Waals surface area contributed by atoms with E-state index < -0.39 is 4.92 Å². The zero-order valence-corrected chi connectivity index (χ0v) is 16.9. The number of nitrogens with one attached hydrogen (secondary N) is 1. The van der Waals surface area contributed by atoms with Crippen molar-refractivity contribution < 1.29 is 14.1 Å². The summed E-state index contributed by atoms with van der Waals surface area (Å²) in [7, 11) is 0. The van der Waals surface area contributed by atoms with Crippen LogP contribution in [0.5, 0.6) is 0 Å². The Labute approximate surface area is 171 Å². The summed E-state index contributed by atoms with van der Waals surface area (Å²) >= 11 is 1.41. The Bertz CT molecular complexity index is 984. The van der Waals surface area contributed by atoms with Gasteiger partial charge >= 0.3 is 0 Å². The van der Waals surface area contributed by atoms with E-state index in [0.717, 1.165) is 0 Å².